The molecular formula is C16H27O4PRu. The fourth-order valence-corrected chi connectivity index (χ4v) is 5.81. The number of hydrogen-bond acceptors (Lipinski definition) is 4. The monoisotopic (exact) mass is 416 g/mol. The summed E-state index contributed by atoms with van der Waals surface area (Å²) in [6, 6.07) is 0. The van der Waals surface area contributed by atoms with Gasteiger partial charge in [0.2, 0.25) is 0 Å². The molecule has 0 fully saturated rings. The van der Waals surface area contributed by atoms with Gasteiger partial charge >= 0.3 is 0 Å². The molecule has 3 atom stereocenters. The molecular weight excluding hydrogens is 388 g/mol. The molecule has 0 heterocycles. The van der Waals surface area contributed by atoms with Crippen LogP contribution >= 0.6 is 7.92 Å². The molecule has 0 spiro atoms. The van der Waals surface area contributed by atoms with Gasteiger partial charge in [0.25, 0.3) is 27.2 Å². The van der Waals surface area contributed by atoms with Crippen LogP contribution in [0.25, 0.3) is 0 Å². The van der Waals surface area contributed by atoms with E-state index in [-0.39, 0.29) is 27.4 Å². The first-order valence-corrected chi connectivity index (χ1v) is 8.22. The van der Waals surface area contributed by atoms with Crippen molar-refractivity contribution in [2.24, 2.45) is 0 Å². The van der Waals surface area contributed by atoms with E-state index in [2.05, 4.69) is 68.7 Å². The van der Waals surface area contributed by atoms with Crippen molar-refractivity contribution in [3.63, 3.8) is 0 Å². The van der Waals surface area contributed by atoms with E-state index in [0.29, 0.717) is 0 Å². The van der Waals surface area contributed by atoms with Gasteiger partial charge in [-0.2, -0.15) is 0 Å². The van der Waals surface area contributed by atoms with Gasteiger partial charge in [-0.25, -0.2) is 0 Å². The predicted molar refractivity (Wildman–Crippen MR) is 89.0 cm³/mol. The topological polar surface area (TPSA) is 68.3 Å². The summed E-state index contributed by atoms with van der Waals surface area (Å²) >= 11 is 0. The standard InChI is InChI=1S/C12H27P.4CO.Ru/c1-7-10(4)13(11(5)8-2)12(6)9-3;4*1-2;/h10-12H,7-9H2,1-6H3;;;;;. The van der Waals surface area contributed by atoms with Gasteiger partial charge in [-0.15, -0.1) is 0 Å². The number of carbonyl (C=O) groups excluding carboxylic acids is 4. The third-order valence-electron chi connectivity index (χ3n) is 3.30. The van der Waals surface area contributed by atoms with Crippen LogP contribution in [0.15, 0.2) is 0 Å². The Kier molecular flexibility index (Phi) is 63.8. The molecule has 22 heavy (non-hydrogen) atoms. The fraction of sp³-hybridized carbons (Fsp3) is 0.750. The molecule has 0 aromatic heterocycles. The molecule has 128 valence electrons. The predicted octanol–water partition coefficient (Wildman–Crippen LogP) is 3.27. The molecule has 0 amide bonds. The Balaban J connectivity index is -0.0000000613. The van der Waals surface area contributed by atoms with Crippen LogP contribution in [0.3, 0.4) is 0 Å². The molecule has 8 radical (unpaired) electrons. The van der Waals surface area contributed by atoms with Crippen molar-refractivity contribution < 1.29 is 38.7 Å². The van der Waals surface area contributed by atoms with E-state index < -0.39 is 0 Å². The molecule has 0 rings (SSSR count). The molecule has 0 aliphatic rings. The third-order valence-corrected chi connectivity index (χ3v) is 7.45. The van der Waals surface area contributed by atoms with Gasteiger partial charge in [-0.3, -0.25) is 19.2 Å². The van der Waals surface area contributed by atoms with Crippen molar-refractivity contribution in [3.05, 3.63) is 0 Å². The molecule has 3 unspecified atom stereocenters. The van der Waals surface area contributed by atoms with Gasteiger partial charge in [0, 0.05) is 19.5 Å². The van der Waals surface area contributed by atoms with Crippen LogP contribution in [0.1, 0.15) is 60.8 Å². The Morgan fingerprint density at radius 3 is 0.818 bits per heavy atom. The smallest absolute Gasteiger partial charge is 0.281 e. The van der Waals surface area contributed by atoms with Crippen LogP contribution in [0, 0.1) is 0 Å². The maximum atomic E-state index is 7.50. The third kappa shape index (κ3) is 22.0. The zero-order valence-corrected chi connectivity index (χ0v) is 16.9. The zero-order valence-electron chi connectivity index (χ0n) is 14.3. The maximum absolute atomic E-state index is 7.50. The molecule has 4 nitrogen and oxygen atoms in total. The number of rotatable bonds is 6. The minimum absolute atomic E-state index is 0. The molecule has 0 bridgehead atoms. The Morgan fingerprint density at radius 2 is 0.727 bits per heavy atom. The summed E-state index contributed by atoms with van der Waals surface area (Å²) in [5.74, 6) is 0. The SMILES string of the molecule is CCC(C)P(C(C)CC)C(C)CC.[C]=O.[C]=O.[C]=O.[C]=O.[Ru]. The first-order chi connectivity index (χ1) is 10.1. The van der Waals surface area contributed by atoms with E-state index in [1.54, 1.807) is 0 Å². The largest absolute Gasteiger partial charge is 0.281 e. The molecule has 0 saturated heterocycles. The zero-order chi connectivity index (χ0) is 18.4. The van der Waals surface area contributed by atoms with Crippen LogP contribution in [-0.2, 0) is 38.7 Å². The van der Waals surface area contributed by atoms with Crippen molar-refractivity contribution in [1.29, 1.82) is 0 Å². The van der Waals surface area contributed by atoms with Gasteiger partial charge < -0.3 is 0 Å². The van der Waals surface area contributed by atoms with Crippen molar-refractivity contribution in [1.82, 2.24) is 0 Å². The minimum atomic E-state index is 0. The van der Waals surface area contributed by atoms with Crippen molar-refractivity contribution in [2.45, 2.75) is 77.8 Å². The van der Waals surface area contributed by atoms with E-state index in [1.807, 2.05) is 0 Å². The molecule has 0 N–H and O–H groups in total. The normalized spacial score (nSPS) is 13.0. The van der Waals surface area contributed by atoms with Crippen LogP contribution in [0.4, 0.5) is 0 Å². The van der Waals surface area contributed by atoms with E-state index in [0.717, 1.165) is 17.0 Å². The summed E-state index contributed by atoms with van der Waals surface area (Å²) in [5.41, 5.74) is 2.87. The Hall–Kier alpha value is -0.267. The molecule has 0 saturated carbocycles. The van der Waals surface area contributed by atoms with Crippen LogP contribution in [-0.4, -0.2) is 44.1 Å². The Labute approximate surface area is 151 Å². The van der Waals surface area contributed by atoms with Gasteiger partial charge in [-0.1, -0.05) is 49.5 Å². The van der Waals surface area contributed by atoms with Crippen molar-refractivity contribution >= 4 is 35.1 Å². The van der Waals surface area contributed by atoms with E-state index in [4.69, 9.17) is 19.2 Å². The van der Waals surface area contributed by atoms with E-state index in [1.165, 1.54) is 19.3 Å². The van der Waals surface area contributed by atoms with Gasteiger partial charge in [0.05, 0.1) is 0 Å². The second-order valence-corrected chi connectivity index (χ2v) is 7.76. The molecule has 6 heteroatoms. The first-order valence-electron chi connectivity index (χ1n) is 6.67. The summed E-state index contributed by atoms with van der Waals surface area (Å²) in [6.07, 6.45) is 4.08. The quantitative estimate of drug-likeness (QED) is 0.493. The average Bonchev–Trinajstić information content (AvgIpc) is 2.61. The second kappa shape index (κ2) is 37.2. The van der Waals surface area contributed by atoms with Gasteiger partial charge in [0.1, 0.15) is 0 Å². The Morgan fingerprint density at radius 1 is 0.591 bits per heavy atom. The molecule has 0 aliphatic carbocycles. The first kappa shape index (κ1) is 37.7. The summed E-state index contributed by atoms with van der Waals surface area (Å²) in [5, 5.41) is 0. The van der Waals surface area contributed by atoms with Crippen molar-refractivity contribution in [3.8, 4) is 0 Å². The minimum Gasteiger partial charge on any atom is -0.281 e. The number of hydrogen-bond donors (Lipinski definition) is 0. The Bertz CT molecular complexity index is 156. The van der Waals surface area contributed by atoms with Crippen LogP contribution in [0.2, 0.25) is 0 Å². The van der Waals surface area contributed by atoms with Crippen LogP contribution < -0.4 is 0 Å². The van der Waals surface area contributed by atoms with E-state index >= 15 is 0 Å². The van der Waals surface area contributed by atoms with E-state index in [9.17, 15) is 0 Å². The summed E-state index contributed by atoms with van der Waals surface area (Å²) in [6.45, 7) is 32.4. The average molecular weight is 415 g/mol. The van der Waals surface area contributed by atoms with Gasteiger partial charge in [-0.05, 0) is 36.2 Å². The maximum Gasteiger partial charge on any atom is 0.281 e. The molecule has 0 aromatic rings. The summed E-state index contributed by atoms with van der Waals surface area (Å²) in [4.78, 5) is 30.0. The molecule has 0 aromatic carbocycles. The van der Waals surface area contributed by atoms with Crippen LogP contribution in [0.5, 0.6) is 0 Å². The second-order valence-electron chi connectivity index (χ2n) is 4.22. The fourth-order valence-electron chi connectivity index (χ4n) is 1.94. The summed E-state index contributed by atoms with van der Waals surface area (Å²) in [7, 11) is 0.255. The van der Waals surface area contributed by atoms with Crippen molar-refractivity contribution in [2.75, 3.05) is 0 Å². The summed E-state index contributed by atoms with van der Waals surface area (Å²) < 4.78 is 0. The van der Waals surface area contributed by atoms with Gasteiger partial charge in [0.15, 0.2) is 0 Å². The molecule has 0 aliphatic heterocycles.